The van der Waals surface area contributed by atoms with Gasteiger partial charge in [0, 0.05) is 27.2 Å². The van der Waals surface area contributed by atoms with Gasteiger partial charge >= 0.3 is 5.97 Å². The van der Waals surface area contributed by atoms with Crippen molar-refractivity contribution in [3.05, 3.63) is 23.8 Å². The van der Waals surface area contributed by atoms with E-state index in [1.165, 1.54) is 14.0 Å². The molecule has 0 aromatic heterocycles. The van der Waals surface area contributed by atoms with Crippen molar-refractivity contribution in [1.29, 1.82) is 0 Å². The van der Waals surface area contributed by atoms with Crippen molar-refractivity contribution in [3.8, 4) is 11.5 Å². The zero-order valence-corrected chi connectivity index (χ0v) is 14.6. The standard InChI is InChI=1S/C12H16O5.2C2H4O2/c1-8(14)17-11-4-3-9(5-10(15)7-13)6-12(11)16-2;2*1-2(3)4/h3-4,6,10,13,15H,5,7H2,1-2H3;2*1H3,(H,3,4). The van der Waals surface area contributed by atoms with Crippen LogP contribution in [0.2, 0.25) is 0 Å². The molecule has 0 amide bonds. The summed E-state index contributed by atoms with van der Waals surface area (Å²) in [6.45, 7) is 3.18. The third kappa shape index (κ3) is 16.0. The van der Waals surface area contributed by atoms with Gasteiger partial charge in [-0.05, 0) is 17.7 Å². The lowest BCUT2D eigenvalue weighted by molar-refractivity contribution is -0.135. The second kappa shape index (κ2) is 13.8. The first-order valence-corrected chi connectivity index (χ1v) is 7.06. The van der Waals surface area contributed by atoms with E-state index in [0.29, 0.717) is 17.9 Å². The summed E-state index contributed by atoms with van der Waals surface area (Å²) in [4.78, 5) is 28.8. The highest BCUT2D eigenvalue weighted by molar-refractivity contribution is 5.70. The Kier molecular flexibility index (Phi) is 13.5. The summed E-state index contributed by atoms with van der Waals surface area (Å²) in [7, 11) is 1.47. The summed E-state index contributed by atoms with van der Waals surface area (Å²) in [6, 6.07) is 4.97. The highest BCUT2D eigenvalue weighted by atomic mass is 16.6. The topological polar surface area (TPSA) is 151 Å². The van der Waals surface area contributed by atoms with Gasteiger partial charge in [-0.3, -0.25) is 14.4 Å². The number of methoxy groups -OCH3 is 1. The molecule has 9 heteroatoms. The minimum absolute atomic E-state index is 0.298. The Morgan fingerprint density at radius 1 is 1.04 bits per heavy atom. The molecule has 0 aliphatic rings. The van der Waals surface area contributed by atoms with Crippen molar-refractivity contribution < 1.29 is 44.3 Å². The van der Waals surface area contributed by atoms with Gasteiger partial charge in [0.2, 0.25) is 0 Å². The number of aliphatic carboxylic acids is 2. The molecule has 0 aliphatic heterocycles. The van der Waals surface area contributed by atoms with Gasteiger partial charge in [-0.15, -0.1) is 0 Å². The molecule has 0 radical (unpaired) electrons. The number of esters is 1. The lowest BCUT2D eigenvalue weighted by Gasteiger charge is -2.11. The van der Waals surface area contributed by atoms with Gasteiger partial charge in [0.15, 0.2) is 11.5 Å². The van der Waals surface area contributed by atoms with Crippen LogP contribution < -0.4 is 9.47 Å². The van der Waals surface area contributed by atoms with E-state index in [4.69, 9.17) is 34.4 Å². The summed E-state index contributed by atoms with van der Waals surface area (Å²) in [6.07, 6.45) is -0.494. The average Bonchev–Trinajstić information content (AvgIpc) is 2.47. The minimum Gasteiger partial charge on any atom is -0.493 e. The molecule has 1 rings (SSSR count). The number of carboxylic acids is 2. The second-order valence-corrected chi connectivity index (χ2v) is 4.66. The van der Waals surface area contributed by atoms with Crippen molar-refractivity contribution in [1.82, 2.24) is 0 Å². The van der Waals surface area contributed by atoms with Crippen molar-refractivity contribution in [2.45, 2.75) is 33.3 Å². The number of benzene rings is 1. The van der Waals surface area contributed by atoms with Gasteiger partial charge in [0.05, 0.1) is 19.8 Å². The Bertz CT molecular complexity index is 535. The SMILES string of the molecule is CC(=O)O.CC(=O)O.COc1cc(CC(O)CO)ccc1OC(C)=O. The van der Waals surface area contributed by atoms with Gasteiger partial charge in [-0.1, -0.05) is 6.07 Å². The number of rotatable bonds is 5. The number of aliphatic hydroxyl groups excluding tert-OH is 2. The molecule has 1 unspecified atom stereocenters. The fourth-order valence-corrected chi connectivity index (χ4v) is 1.41. The Morgan fingerprint density at radius 3 is 1.88 bits per heavy atom. The summed E-state index contributed by atoms with van der Waals surface area (Å²) < 4.78 is 10.0. The van der Waals surface area contributed by atoms with Gasteiger partial charge < -0.3 is 29.9 Å². The number of carbonyl (C=O) groups is 3. The zero-order valence-electron chi connectivity index (χ0n) is 14.6. The molecule has 9 nitrogen and oxygen atoms in total. The van der Waals surface area contributed by atoms with Crippen molar-refractivity contribution >= 4 is 17.9 Å². The maximum atomic E-state index is 10.8. The second-order valence-electron chi connectivity index (χ2n) is 4.66. The summed E-state index contributed by atoms with van der Waals surface area (Å²) in [5.41, 5.74) is 0.791. The van der Waals surface area contributed by atoms with Crippen molar-refractivity contribution in [2.24, 2.45) is 0 Å². The lowest BCUT2D eigenvalue weighted by atomic mass is 10.1. The number of aliphatic hydroxyl groups is 2. The molecule has 25 heavy (non-hydrogen) atoms. The van der Waals surface area contributed by atoms with E-state index in [0.717, 1.165) is 19.4 Å². The maximum absolute atomic E-state index is 10.8. The predicted octanol–water partition coefficient (Wildman–Crippen LogP) is 0.698. The molecule has 0 heterocycles. The van der Waals surface area contributed by atoms with Crippen LogP contribution in [0.25, 0.3) is 0 Å². The quantitative estimate of drug-likeness (QED) is 0.439. The zero-order chi connectivity index (χ0) is 20.0. The first kappa shape index (κ1) is 24.6. The number of carbonyl (C=O) groups excluding carboxylic acids is 1. The molecule has 1 aromatic rings. The Labute approximate surface area is 145 Å². The summed E-state index contributed by atoms with van der Waals surface area (Å²) in [5, 5.41) is 32.9. The normalized spacial score (nSPS) is 10.2. The van der Waals surface area contributed by atoms with E-state index in [2.05, 4.69) is 0 Å². The number of ether oxygens (including phenoxy) is 2. The molecule has 142 valence electrons. The monoisotopic (exact) mass is 360 g/mol. The van der Waals surface area contributed by atoms with Crippen LogP contribution in [0.1, 0.15) is 26.3 Å². The van der Waals surface area contributed by atoms with Gasteiger partial charge in [-0.25, -0.2) is 0 Å². The van der Waals surface area contributed by atoms with Gasteiger partial charge in [0.1, 0.15) is 0 Å². The molecule has 0 aliphatic carbocycles. The molecule has 0 fully saturated rings. The molecular weight excluding hydrogens is 336 g/mol. The molecule has 0 saturated carbocycles. The molecule has 1 atom stereocenters. The number of hydrogen-bond donors (Lipinski definition) is 4. The van der Waals surface area contributed by atoms with Crippen LogP contribution in [0.4, 0.5) is 0 Å². The summed E-state index contributed by atoms with van der Waals surface area (Å²) >= 11 is 0. The summed E-state index contributed by atoms with van der Waals surface area (Å²) in [5.74, 6) is -1.34. The van der Waals surface area contributed by atoms with Crippen LogP contribution in [0.5, 0.6) is 11.5 Å². The first-order valence-electron chi connectivity index (χ1n) is 7.06. The van der Waals surface area contributed by atoms with E-state index >= 15 is 0 Å². The fourth-order valence-electron chi connectivity index (χ4n) is 1.41. The maximum Gasteiger partial charge on any atom is 0.308 e. The van der Waals surface area contributed by atoms with Crippen LogP contribution >= 0.6 is 0 Å². The average molecular weight is 360 g/mol. The first-order chi connectivity index (χ1) is 11.5. The number of carboxylic acid groups (broad SMARTS) is 2. The van der Waals surface area contributed by atoms with E-state index in [1.807, 2.05) is 0 Å². The molecule has 0 spiro atoms. The molecule has 1 aromatic carbocycles. The molecular formula is C16H24O9. The van der Waals surface area contributed by atoms with Crippen LogP contribution in [0.3, 0.4) is 0 Å². The minimum atomic E-state index is -0.833. The fraction of sp³-hybridized carbons (Fsp3) is 0.438. The number of hydrogen-bond acceptors (Lipinski definition) is 7. The van der Waals surface area contributed by atoms with Crippen molar-refractivity contribution in [2.75, 3.05) is 13.7 Å². The third-order valence-corrected chi connectivity index (χ3v) is 2.16. The Morgan fingerprint density at radius 2 is 1.52 bits per heavy atom. The van der Waals surface area contributed by atoms with Crippen LogP contribution in [0, 0.1) is 0 Å². The third-order valence-electron chi connectivity index (χ3n) is 2.16. The largest absolute Gasteiger partial charge is 0.493 e. The highest BCUT2D eigenvalue weighted by Crippen LogP contribution is 2.28. The van der Waals surface area contributed by atoms with Gasteiger partial charge in [0.25, 0.3) is 11.9 Å². The van der Waals surface area contributed by atoms with E-state index in [9.17, 15) is 9.90 Å². The predicted molar refractivity (Wildman–Crippen MR) is 87.7 cm³/mol. The molecule has 0 saturated heterocycles. The lowest BCUT2D eigenvalue weighted by Crippen LogP contribution is -2.15. The van der Waals surface area contributed by atoms with Crippen molar-refractivity contribution in [3.63, 3.8) is 0 Å². The highest BCUT2D eigenvalue weighted by Gasteiger charge is 2.10. The van der Waals surface area contributed by atoms with Crippen LogP contribution in [-0.4, -0.2) is 58.2 Å². The van der Waals surface area contributed by atoms with E-state index in [1.54, 1.807) is 18.2 Å². The Hall–Kier alpha value is -2.65. The van der Waals surface area contributed by atoms with E-state index < -0.39 is 24.0 Å². The van der Waals surface area contributed by atoms with Gasteiger partial charge in [-0.2, -0.15) is 0 Å². The molecule has 4 N–H and O–H groups in total. The Balaban J connectivity index is 0. The molecule has 0 bridgehead atoms. The smallest absolute Gasteiger partial charge is 0.308 e. The van der Waals surface area contributed by atoms with E-state index in [-0.39, 0.29) is 6.61 Å². The van der Waals surface area contributed by atoms with Crippen LogP contribution in [0.15, 0.2) is 18.2 Å². The van der Waals surface area contributed by atoms with Crippen LogP contribution in [-0.2, 0) is 20.8 Å².